The standard InChI is InChI=1S/C17H24N4O.C11H12N2O/c1-18-11-15-7-14-6-13(9-19-8-12-4-3-5-12)10-20-16(14)17(21-15)22-2;14-7-8-1-11(4-12-3-8)13-5-9-2-10(9)6-13/h6-7,10,12,18-19H,3-5,8-9,11H2,1-2H3;1,3-4,7,9-10H,2,5-6H2. The number of piperidine rings is 1. The van der Waals surface area contributed by atoms with Crippen molar-refractivity contribution in [3.05, 3.63) is 53.6 Å². The monoisotopic (exact) mass is 488 g/mol. The van der Waals surface area contributed by atoms with Gasteiger partial charge >= 0.3 is 0 Å². The first-order valence-electron chi connectivity index (χ1n) is 13.0. The van der Waals surface area contributed by atoms with E-state index in [9.17, 15) is 4.79 Å². The van der Waals surface area contributed by atoms with Crippen LogP contribution >= 0.6 is 0 Å². The van der Waals surface area contributed by atoms with Crippen LogP contribution in [0.5, 0.6) is 5.88 Å². The van der Waals surface area contributed by atoms with Gasteiger partial charge in [-0.25, -0.2) is 4.98 Å². The van der Waals surface area contributed by atoms with Crippen molar-refractivity contribution in [1.29, 1.82) is 0 Å². The van der Waals surface area contributed by atoms with Crippen molar-refractivity contribution in [2.75, 3.05) is 38.7 Å². The minimum absolute atomic E-state index is 0.594. The van der Waals surface area contributed by atoms with Crippen LogP contribution in [-0.4, -0.2) is 55.0 Å². The van der Waals surface area contributed by atoms with E-state index in [4.69, 9.17) is 4.74 Å². The van der Waals surface area contributed by atoms with Crippen LogP contribution in [0.2, 0.25) is 0 Å². The summed E-state index contributed by atoms with van der Waals surface area (Å²) in [5.41, 5.74) is 4.76. The number of methoxy groups -OCH3 is 1. The fourth-order valence-electron chi connectivity index (χ4n) is 5.13. The SMILES string of the molecule is CNCc1cc2cc(CNCC3CCC3)cnc2c(OC)n1.O=Cc1cncc(N2CC3CC3C2)c1. The Morgan fingerprint density at radius 3 is 2.64 bits per heavy atom. The fraction of sp³-hybridized carbons (Fsp3) is 0.500. The molecule has 0 radical (unpaired) electrons. The maximum atomic E-state index is 10.6. The third-order valence-corrected chi connectivity index (χ3v) is 7.51. The molecular formula is C28H36N6O2. The summed E-state index contributed by atoms with van der Waals surface area (Å²) in [7, 11) is 3.55. The molecule has 8 heteroatoms. The van der Waals surface area contributed by atoms with Gasteiger partial charge in [-0.05, 0) is 74.4 Å². The predicted molar refractivity (Wildman–Crippen MR) is 141 cm³/mol. The van der Waals surface area contributed by atoms with Gasteiger partial charge in [0, 0.05) is 49.5 Å². The van der Waals surface area contributed by atoms with Gasteiger partial charge in [-0.3, -0.25) is 14.8 Å². The molecule has 8 nitrogen and oxygen atoms in total. The smallest absolute Gasteiger partial charge is 0.240 e. The molecule has 0 spiro atoms. The highest BCUT2D eigenvalue weighted by Gasteiger charge is 2.45. The second kappa shape index (κ2) is 11.3. The molecule has 2 aliphatic carbocycles. The largest absolute Gasteiger partial charge is 0.479 e. The highest BCUT2D eigenvalue weighted by molar-refractivity contribution is 5.83. The normalized spacial score (nSPS) is 20.3. The number of fused-ring (bicyclic) bond motifs is 2. The van der Waals surface area contributed by atoms with Gasteiger partial charge in [0.25, 0.3) is 0 Å². The zero-order chi connectivity index (χ0) is 24.9. The molecule has 3 aliphatic rings. The molecule has 190 valence electrons. The van der Waals surface area contributed by atoms with Crippen LogP contribution in [0.4, 0.5) is 5.69 Å². The summed E-state index contributed by atoms with van der Waals surface area (Å²) >= 11 is 0. The number of ether oxygens (including phenoxy) is 1. The Morgan fingerprint density at radius 1 is 1.11 bits per heavy atom. The first-order chi connectivity index (χ1) is 17.7. The Morgan fingerprint density at radius 2 is 1.94 bits per heavy atom. The van der Waals surface area contributed by atoms with Crippen molar-refractivity contribution in [3.63, 3.8) is 0 Å². The summed E-state index contributed by atoms with van der Waals surface area (Å²) in [6.45, 7) is 4.99. The maximum absolute atomic E-state index is 10.6. The molecule has 6 rings (SSSR count). The van der Waals surface area contributed by atoms with E-state index in [-0.39, 0.29) is 0 Å². The number of carbonyl (C=O) groups excluding carboxylic acids is 1. The number of rotatable bonds is 9. The van der Waals surface area contributed by atoms with Crippen LogP contribution in [0, 0.1) is 17.8 Å². The third kappa shape index (κ3) is 5.82. The van der Waals surface area contributed by atoms with E-state index in [1.54, 1.807) is 13.3 Å². The first-order valence-corrected chi connectivity index (χ1v) is 13.0. The van der Waals surface area contributed by atoms with Crippen molar-refractivity contribution in [2.45, 2.75) is 38.8 Å². The Bertz CT molecular complexity index is 1190. The molecule has 36 heavy (non-hydrogen) atoms. The summed E-state index contributed by atoms with van der Waals surface area (Å²) in [6, 6.07) is 6.18. The minimum atomic E-state index is 0.594. The van der Waals surface area contributed by atoms with Gasteiger partial charge in [-0.15, -0.1) is 0 Å². The summed E-state index contributed by atoms with van der Waals surface area (Å²) in [6.07, 6.45) is 11.8. The molecule has 3 fully saturated rings. The highest BCUT2D eigenvalue weighted by atomic mass is 16.5. The minimum Gasteiger partial charge on any atom is -0.479 e. The van der Waals surface area contributed by atoms with E-state index < -0.39 is 0 Å². The molecule has 2 atom stereocenters. The fourth-order valence-corrected chi connectivity index (χ4v) is 5.13. The van der Waals surface area contributed by atoms with Gasteiger partial charge in [-0.2, -0.15) is 0 Å². The van der Waals surface area contributed by atoms with Gasteiger partial charge < -0.3 is 20.3 Å². The van der Waals surface area contributed by atoms with Gasteiger partial charge in [0.15, 0.2) is 6.29 Å². The lowest BCUT2D eigenvalue weighted by atomic mass is 9.85. The first kappa shape index (κ1) is 24.6. The Labute approximate surface area is 212 Å². The molecule has 0 aromatic carbocycles. The van der Waals surface area contributed by atoms with Crippen LogP contribution < -0.4 is 20.3 Å². The van der Waals surface area contributed by atoms with E-state index in [0.29, 0.717) is 11.4 Å². The van der Waals surface area contributed by atoms with Crippen LogP contribution in [0.1, 0.15) is 47.3 Å². The summed E-state index contributed by atoms with van der Waals surface area (Å²) in [5.74, 6) is 3.29. The molecule has 1 aliphatic heterocycles. The number of nitrogens with one attached hydrogen (secondary N) is 2. The van der Waals surface area contributed by atoms with Gasteiger partial charge in [0.1, 0.15) is 5.52 Å². The molecular weight excluding hydrogens is 452 g/mol. The summed E-state index contributed by atoms with van der Waals surface area (Å²) in [5, 5.41) is 7.74. The Balaban J connectivity index is 0.000000163. The number of nitrogens with zero attached hydrogens (tertiary/aromatic N) is 4. The molecule has 0 amide bonds. The molecule has 0 bridgehead atoms. The zero-order valence-corrected chi connectivity index (χ0v) is 21.2. The second-order valence-corrected chi connectivity index (χ2v) is 10.3. The topological polar surface area (TPSA) is 92.3 Å². The number of carbonyl (C=O) groups is 1. The Kier molecular flexibility index (Phi) is 7.72. The Hall–Kier alpha value is -3.10. The molecule has 3 aromatic rings. The average Bonchev–Trinajstić information content (AvgIpc) is 3.49. The molecule has 3 aromatic heterocycles. The molecule has 4 heterocycles. The van der Waals surface area contributed by atoms with Crippen LogP contribution in [0.25, 0.3) is 10.9 Å². The number of hydrogen-bond donors (Lipinski definition) is 2. The summed E-state index contributed by atoms with van der Waals surface area (Å²) in [4.78, 5) is 26.0. The van der Waals surface area contributed by atoms with E-state index in [0.717, 1.165) is 79.0 Å². The molecule has 1 saturated heterocycles. The lowest BCUT2D eigenvalue weighted by molar-refractivity contribution is 0.112. The predicted octanol–water partition coefficient (Wildman–Crippen LogP) is 3.60. The van der Waals surface area contributed by atoms with Crippen LogP contribution in [0.15, 0.2) is 36.8 Å². The number of hydrogen-bond acceptors (Lipinski definition) is 8. The zero-order valence-electron chi connectivity index (χ0n) is 21.2. The van der Waals surface area contributed by atoms with Crippen molar-refractivity contribution in [1.82, 2.24) is 25.6 Å². The third-order valence-electron chi connectivity index (χ3n) is 7.51. The van der Waals surface area contributed by atoms with Crippen LogP contribution in [-0.2, 0) is 13.1 Å². The lowest BCUT2D eigenvalue weighted by Crippen LogP contribution is -2.26. The van der Waals surface area contributed by atoms with E-state index >= 15 is 0 Å². The number of aldehydes is 1. The van der Waals surface area contributed by atoms with Crippen LogP contribution in [0.3, 0.4) is 0 Å². The average molecular weight is 489 g/mol. The number of pyridine rings is 3. The molecule has 2 unspecified atom stereocenters. The number of aromatic nitrogens is 3. The van der Waals surface area contributed by atoms with Gasteiger partial charge in [0.05, 0.1) is 24.7 Å². The van der Waals surface area contributed by atoms with Crippen molar-refractivity contribution >= 4 is 22.9 Å². The van der Waals surface area contributed by atoms with Gasteiger partial charge in [0.2, 0.25) is 5.88 Å². The summed E-state index contributed by atoms with van der Waals surface area (Å²) < 4.78 is 5.37. The van der Waals surface area contributed by atoms with Crippen molar-refractivity contribution < 1.29 is 9.53 Å². The molecule has 2 saturated carbocycles. The molecule has 2 N–H and O–H groups in total. The maximum Gasteiger partial charge on any atom is 0.240 e. The van der Waals surface area contributed by atoms with Crippen molar-refractivity contribution in [2.24, 2.45) is 17.8 Å². The second-order valence-electron chi connectivity index (χ2n) is 10.3. The van der Waals surface area contributed by atoms with Gasteiger partial charge in [-0.1, -0.05) is 6.42 Å². The highest BCUT2D eigenvalue weighted by Crippen LogP contribution is 2.46. The van der Waals surface area contributed by atoms with E-state index in [1.165, 1.54) is 31.2 Å². The van der Waals surface area contributed by atoms with E-state index in [2.05, 4.69) is 42.6 Å². The van der Waals surface area contributed by atoms with E-state index in [1.807, 2.05) is 25.5 Å². The number of anilines is 1. The van der Waals surface area contributed by atoms with Crippen molar-refractivity contribution in [3.8, 4) is 5.88 Å². The lowest BCUT2D eigenvalue weighted by Gasteiger charge is -2.25. The quantitative estimate of drug-likeness (QED) is 0.442.